The SMILES string of the molecule is O=C1c2ccccc2C(=O)N1c1c(F)cc(F)c(F)c1[N+](=O)[O-]. The fourth-order valence-electron chi connectivity index (χ4n) is 2.34. The molecule has 0 aromatic heterocycles. The Morgan fingerprint density at radius 2 is 1.48 bits per heavy atom. The second-order valence-electron chi connectivity index (χ2n) is 4.60. The third-order valence-corrected chi connectivity index (χ3v) is 3.32. The van der Waals surface area contributed by atoms with E-state index in [1.54, 1.807) is 0 Å². The van der Waals surface area contributed by atoms with Crippen LogP contribution in [-0.4, -0.2) is 16.7 Å². The Hall–Kier alpha value is -3.23. The van der Waals surface area contributed by atoms with E-state index in [1.807, 2.05) is 0 Å². The van der Waals surface area contributed by atoms with Crippen LogP contribution in [0.5, 0.6) is 0 Å². The number of imide groups is 1. The largest absolute Gasteiger partial charge is 0.334 e. The molecule has 0 fully saturated rings. The van der Waals surface area contributed by atoms with Crippen LogP contribution in [0.25, 0.3) is 0 Å². The average Bonchev–Trinajstić information content (AvgIpc) is 2.75. The summed E-state index contributed by atoms with van der Waals surface area (Å²) < 4.78 is 40.9. The van der Waals surface area contributed by atoms with Crippen molar-refractivity contribution in [2.45, 2.75) is 0 Å². The molecule has 0 spiro atoms. The van der Waals surface area contributed by atoms with Gasteiger partial charge < -0.3 is 0 Å². The van der Waals surface area contributed by atoms with Crippen LogP contribution in [0.3, 0.4) is 0 Å². The minimum Gasteiger partial charge on any atom is -0.268 e. The van der Waals surface area contributed by atoms with Crippen LogP contribution in [0.2, 0.25) is 0 Å². The summed E-state index contributed by atoms with van der Waals surface area (Å²) in [7, 11) is 0. The highest BCUT2D eigenvalue weighted by molar-refractivity contribution is 6.35. The van der Waals surface area contributed by atoms with Crippen molar-refractivity contribution in [3.05, 3.63) is 69.0 Å². The van der Waals surface area contributed by atoms with Gasteiger partial charge in [-0.15, -0.1) is 0 Å². The Balaban J connectivity index is 2.29. The molecule has 0 atom stereocenters. The summed E-state index contributed by atoms with van der Waals surface area (Å²) in [6.45, 7) is 0. The molecule has 0 saturated heterocycles. The normalized spacial score (nSPS) is 13.4. The lowest BCUT2D eigenvalue weighted by molar-refractivity contribution is -0.387. The molecule has 0 bridgehead atoms. The monoisotopic (exact) mass is 322 g/mol. The van der Waals surface area contributed by atoms with Crippen molar-refractivity contribution in [1.82, 2.24) is 0 Å². The number of anilines is 1. The van der Waals surface area contributed by atoms with Gasteiger partial charge in [-0.05, 0) is 12.1 Å². The molecule has 0 radical (unpaired) electrons. The first-order chi connectivity index (χ1) is 10.8. The average molecular weight is 322 g/mol. The fraction of sp³-hybridized carbons (Fsp3) is 0. The lowest BCUT2D eigenvalue weighted by atomic mass is 10.1. The van der Waals surface area contributed by atoms with Crippen LogP contribution >= 0.6 is 0 Å². The molecule has 1 heterocycles. The minimum atomic E-state index is -1.96. The highest BCUT2D eigenvalue weighted by atomic mass is 19.2. The molecule has 2 aromatic rings. The summed E-state index contributed by atoms with van der Waals surface area (Å²) in [6, 6.07) is 5.44. The van der Waals surface area contributed by atoms with Crippen molar-refractivity contribution in [1.29, 1.82) is 0 Å². The summed E-state index contributed by atoms with van der Waals surface area (Å²) in [4.78, 5) is 34.2. The van der Waals surface area contributed by atoms with E-state index in [-0.39, 0.29) is 22.1 Å². The zero-order chi connectivity index (χ0) is 16.9. The number of benzene rings is 2. The topological polar surface area (TPSA) is 80.5 Å². The number of hydrogen-bond donors (Lipinski definition) is 0. The molecule has 2 aromatic carbocycles. The van der Waals surface area contributed by atoms with E-state index in [4.69, 9.17) is 0 Å². The molecule has 1 aliphatic rings. The Morgan fingerprint density at radius 3 is 1.96 bits per heavy atom. The van der Waals surface area contributed by atoms with Crippen LogP contribution in [0.1, 0.15) is 20.7 Å². The minimum absolute atomic E-state index is 0.0429. The van der Waals surface area contributed by atoms with Crippen LogP contribution in [-0.2, 0) is 0 Å². The first-order valence-corrected chi connectivity index (χ1v) is 6.14. The number of fused-ring (bicyclic) bond motifs is 1. The van der Waals surface area contributed by atoms with E-state index >= 15 is 0 Å². The molecule has 6 nitrogen and oxygen atoms in total. The van der Waals surface area contributed by atoms with Gasteiger partial charge in [0.2, 0.25) is 5.82 Å². The number of halogens is 3. The lowest BCUT2D eigenvalue weighted by Gasteiger charge is -2.15. The van der Waals surface area contributed by atoms with Gasteiger partial charge in [0.25, 0.3) is 11.8 Å². The van der Waals surface area contributed by atoms with Gasteiger partial charge in [-0.25, -0.2) is 13.7 Å². The molecule has 1 aliphatic heterocycles. The van der Waals surface area contributed by atoms with Crippen molar-refractivity contribution >= 4 is 23.2 Å². The predicted molar refractivity (Wildman–Crippen MR) is 70.6 cm³/mol. The number of carbonyl (C=O) groups excluding carboxylic acids is 2. The summed E-state index contributed by atoms with van der Waals surface area (Å²) in [5.41, 5.74) is -3.07. The lowest BCUT2D eigenvalue weighted by Crippen LogP contribution is -2.31. The molecule has 23 heavy (non-hydrogen) atoms. The maximum absolute atomic E-state index is 14.0. The van der Waals surface area contributed by atoms with Crippen molar-refractivity contribution in [3.8, 4) is 0 Å². The van der Waals surface area contributed by atoms with Gasteiger partial charge in [0.1, 0.15) is 0 Å². The molecule has 0 unspecified atom stereocenters. The summed E-state index contributed by atoms with van der Waals surface area (Å²) in [5, 5.41) is 11.0. The summed E-state index contributed by atoms with van der Waals surface area (Å²) in [6.07, 6.45) is 0. The Kier molecular flexibility index (Phi) is 3.13. The van der Waals surface area contributed by atoms with E-state index in [0.29, 0.717) is 0 Å². The van der Waals surface area contributed by atoms with Gasteiger partial charge in [-0.1, -0.05) is 12.1 Å². The highest BCUT2D eigenvalue weighted by Crippen LogP contribution is 2.39. The zero-order valence-electron chi connectivity index (χ0n) is 11.0. The smallest absolute Gasteiger partial charge is 0.268 e. The number of carbonyl (C=O) groups is 2. The van der Waals surface area contributed by atoms with Gasteiger partial charge in [0.05, 0.1) is 16.1 Å². The van der Waals surface area contributed by atoms with Crippen LogP contribution in [0, 0.1) is 27.6 Å². The van der Waals surface area contributed by atoms with Crippen molar-refractivity contribution in [2.24, 2.45) is 0 Å². The standard InChI is InChI=1S/C14H5F3N2O4/c15-8-5-9(16)11(12(10(8)17)19(22)23)18-13(20)6-3-1-2-4-7(6)14(18)21/h1-5H. The molecular formula is C14H5F3N2O4. The van der Waals surface area contributed by atoms with E-state index in [9.17, 15) is 32.9 Å². The molecule has 9 heteroatoms. The Morgan fingerprint density at radius 1 is 0.957 bits per heavy atom. The molecule has 0 aliphatic carbocycles. The molecular weight excluding hydrogens is 317 g/mol. The van der Waals surface area contributed by atoms with E-state index in [1.165, 1.54) is 24.3 Å². The highest BCUT2D eigenvalue weighted by Gasteiger charge is 2.43. The molecule has 116 valence electrons. The van der Waals surface area contributed by atoms with Crippen molar-refractivity contribution < 1.29 is 27.7 Å². The number of nitro benzene ring substituents is 1. The summed E-state index contributed by atoms with van der Waals surface area (Å²) >= 11 is 0. The molecule has 0 N–H and O–H groups in total. The van der Waals surface area contributed by atoms with Gasteiger partial charge in [-0.3, -0.25) is 19.7 Å². The first kappa shape index (κ1) is 14.7. The van der Waals surface area contributed by atoms with Gasteiger partial charge >= 0.3 is 5.69 Å². The zero-order valence-corrected chi connectivity index (χ0v) is 11.0. The van der Waals surface area contributed by atoms with Crippen LogP contribution in [0.4, 0.5) is 24.5 Å². The second kappa shape index (κ2) is 4.90. The predicted octanol–water partition coefficient (Wildman–Crippen LogP) is 2.81. The van der Waals surface area contributed by atoms with E-state index in [2.05, 4.69) is 0 Å². The maximum atomic E-state index is 14.0. The number of nitro groups is 1. The molecule has 0 saturated carbocycles. The number of amides is 2. The van der Waals surface area contributed by atoms with Crippen molar-refractivity contribution in [3.63, 3.8) is 0 Å². The third kappa shape index (κ3) is 1.97. The van der Waals surface area contributed by atoms with Crippen LogP contribution in [0.15, 0.2) is 30.3 Å². The Labute approximate surface area is 125 Å². The van der Waals surface area contributed by atoms with Gasteiger partial charge in [-0.2, -0.15) is 4.39 Å². The van der Waals surface area contributed by atoms with Crippen LogP contribution < -0.4 is 4.90 Å². The number of nitrogens with zero attached hydrogens (tertiary/aromatic N) is 2. The van der Waals surface area contributed by atoms with E-state index < -0.39 is 45.6 Å². The second-order valence-corrected chi connectivity index (χ2v) is 4.60. The van der Waals surface area contributed by atoms with Gasteiger partial charge in [0, 0.05) is 6.07 Å². The summed E-state index contributed by atoms with van der Waals surface area (Å²) in [5.74, 6) is -7.46. The third-order valence-electron chi connectivity index (χ3n) is 3.32. The molecule has 2 amide bonds. The maximum Gasteiger partial charge on any atom is 0.334 e. The Bertz CT molecular complexity index is 863. The van der Waals surface area contributed by atoms with E-state index in [0.717, 1.165) is 0 Å². The quantitative estimate of drug-likeness (QED) is 0.368. The number of rotatable bonds is 2. The number of hydrogen-bond acceptors (Lipinski definition) is 4. The molecule has 3 rings (SSSR count). The van der Waals surface area contributed by atoms with Crippen molar-refractivity contribution in [2.75, 3.05) is 4.90 Å². The first-order valence-electron chi connectivity index (χ1n) is 6.14. The fourth-order valence-corrected chi connectivity index (χ4v) is 2.34. The van der Waals surface area contributed by atoms with Gasteiger partial charge in [0.15, 0.2) is 17.3 Å².